The average molecular weight is 189 g/mol. The van der Waals surface area contributed by atoms with Gasteiger partial charge >= 0.3 is 0 Å². The van der Waals surface area contributed by atoms with Crippen molar-refractivity contribution in [2.45, 2.75) is 27.7 Å². The summed E-state index contributed by atoms with van der Waals surface area (Å²) in [6, 6.07) is 6.62. The van der Waals surface area contributed by atoms with Crippen LogP contribution in [0.2, 0.25) is 0 Å². The average Bonchev–Trinajstić information content (AvgIpc) is 2.52. The first-order valence-corrected chi connectivity index (χ1v) is 5.21. The first kappa shape index (κ1) is 10.8. The third-order valence-corrected chi connectivity index (χ3v) is 2.35. The van der Waals surface area contributed by atoms with Crippen molar-refractivity contribution in [2.75, 3.05) is 0 Å². The number of benzene rings is 1. The van der Waals surface area contributed by atoms with E-state index in [0.29, 0.717) is 0 Å². The fourth-order valence-electron chi connectivity index (χ4n) is 1.73. The van der Waals surface area contributed by atoms with Crippen molar-refractivity contribution in [3.63, 3.8) is 0 Å². The molecular formula is C13H19N. The number of hydrogen-bond donors (Lipinski definition) is 0. The molecule has 0 radical (unpaired) electrons. The molecule has 76 valence electrons. The molecule has 0 spiro atoms. The van der Waals surface area contributed by atoms with Crippen LogP contribution in [0.25, 0.3) is 10.9 Å². The zero-order valence-electron chi connectivity index (χ0n) is 9.76. The minimum absolute atomic E-state index is 1.33. The van der Waals surface area contributed by atoms with Gasteiger partial charge in [-0.25, -0.2) is 0 Å². The first-order valence-electron chi connectivity index (χ1n) is 5.21. The molecule has 0 saturated heterocycles. The maximum absolute atomic E-state index is 2.22. The van der Waals surface area contributed by atoms with E-state index in [4.69, 9.17) is 0 Å². The molecule has 0 aliphatic heterocycles. The van der Waals surface area contributed by atoms with Gasteiger partial charge in [0.25, 0.3) is 0 Å². The Kier molecular flexibility index (Phi) is 3.34. The highest BCUT2D eigenvalue weighted by molar-refractivity contribution is 5.84. The lowest BCUT2D eigenvalue weighted by Gasteiger charge is -2.01. The van der Waals surface area contributed by atoms with E-state index in [-0.39, 0.29) is 0 Å². The standard InChI is InChI=1S/C11H13N.C2H6/c1-8-6-9(2)10-4-5-12(3)11(10)7-8;1-2/h4-7H,1-3H3;1-2H3. The number of hydrogen-bond acceptors (Lipinski definition) is 0. The van der Waals surface area contributed by atoms with Crippen LogP contribution < -0.4 is 0 Å². The summed E-state index contributed by atoms with van der Waals surface area (Å²) in [5, 5.41) is 1.36. The summed E-state index contributed by atoms with van der Waals surface area (Å²) in [6.07, 6.45) is 2.11. The second kappa shape index (κ2) is 4.32. The number of aromatic nitrogens is 1. The Hall–Kier alpha value is -1.24. The van der Waals surface area contributed by atoms with Crippen molar-refractivity contribution in [1.82, 2.24) is 4.57 Å². The highest BCUT2D eigenvalue weighted by Gasteiger charge is 2.00. The summed E-state index contributed by atoms with van der Waals surface area (Å²) in [6.45, 7) is 8.30. The lowest BCUT2D eigenvalue weighted by Crippen LogP contribution is -1.85. The normalized spacial score (nSPS) is 9.79. The van der Waals surface area contributed by atoms with E-state index in [1.54, 1.807) is 0 Å². The molecule has 0 unspecified atom stereocenters. The molecule has 0 saturated carbocycles. The Balaban J connectivity index is 0.000000461. The molecule has 1 aromatic carbocycles. The van der Waals surface area contributed by atoms with Crippen LogP contribution >= 0.6 is 0 Å². The lowest BCUT2D eigenvalue weighted by molar-refractivity contribution is 0.968. The van der Waals surface area contributed by atoms with Gasteiger partial charge in [-0.1, -0.05) is 19.9 Å². The zero-order chi connectivity index (χ0) is 10.7. The van der Waals surface area contributed by atoms with Crippen LogP contribution in [0, 0.1) is 13.8 Å². The van der Waals surface area contributed by atoms with Gasteiger partial charge in [-0.3, -0.25) is 0 Å². The minimum Gasteiger partial charge on any atom is -0.351 e. The van der Waals surface area contributed by atoms with E-state index >= 15 is 0 Å². The minimum atomic E-state index is 1.33. The predicted molar refractivity (Wildman–Crippen MR) is 63.7 cm³/mol. The van der Waals surface area contributed by atoms with Crippen LogP contribution in [-0.2, 0) is 7.05 Å². The quantitative estimate of drug-likeness (QED) is 0.593. The van der Waals surface area contributed by atoms with Gasteiger partial charge in [0, 0.05) is 24.1 Å². The molecule has 0 N–H and O–H groups in total. The molecule has 0 aliphatic carbocycles. The van der Waals surface area contributed by atoms with Gasteiger partial charge in [0.15, 0.2) is 0 Å². The maximum Gasteiger partial charge on any atom is 0.0482 e. The second-order valence-corrected chi connectivity index (χ2v) is 3.44. The number of aryl methyl sites for hydroxylation is 3. The largest absolute Gasteiger partial charge is 0.351 e. The molecule has 0 fully saturated rings. The smallest absolute Gasteiger partial charge is 0.0482 e. The Labute approximate surface area is 86.4 Å². The molecule has 0 atom stereocenters. The van der Waals surface area contributed by atoms with Crippen molar-refractivity contribution in [1.29, 1.82) is 0 Å². The summed E-state index contributed by atoms with van der Waals surface area (Å²) in [7, 11) is 2.08. The van der Waals surface area contributed by atoms with E-state index in [2.05, 4.69) is 49.9 Å². The van der Waals surface area contributed by atoms with E-state index < -0.39 is 0 Å². The van der Waals surface area contributed by atoms with Gasteiger partial charge in [0.05, 0.1) is 0 Å². The Morgan fingerprint density at radius 3 is 2.36 bits per heavy atom. The van der Waals surface area contributed by atoms with E-state index in [1.807, 2.05) is 13.8 Å². The molecular weight excluding hydrogens is 170 g/mol. The summed E-state index contributed by atoms with van der Waals surface area (Å²) in [4.78, 5) is 0. The summed E-state index contributed by atoms with van der Waals surface area (Å²) in [5.41, 5.74) is 4.03. The number of fused-ring (bicyclic) bond motifs is 1. The van der Waals surface area contributed by atoms with Crippen LogP contribution in [0.15, 0.2) is 24.4 Å². The fraction of sp³-hybridized carbons (Fsp3) is 0.385. The number of nitrogens with zero attached hydrogens (tertiary/aromatic N) is 1. The van der Waals surface area contributed by atoms with Crippen LogP contribution in [0.1, 0.15) is 25.0 Å². The van der Waals surface area contributed by atoms with Crippen molar-refractivity contribution in [3.8, 4) is 0 Å². The van der Waals surface area contributed by atoms with Crippen molar-refractivity contribution < 1.29 is 0 Å². The van der Waals surface area contributed by atoms with Crippen LogP contribution in [0.3, 0.4) is 0 Å². The Bertz CT molecular complexity index is 424. The third kappa shape index (κ3) is 1.82. The SMILES string of the molecule is CC.Cc1cc(C)c2ccn(C)c2c1. The maximum atomic E-state index is 2.22. The molecule has 2 aromatic rings. The molecule has 2 rings (SSSR count). The molecule has 1 aromatic heterocycles. The predicted octanol–water partition coefficient (Wildman–Crippen LogP) is 3.82. The molecule has 1 nitrogen and oxygen atoms in total. The van der Waals surface area contributed by atoms with Crippen LogP contribution in [0.5, 0.6) is 0 Å². The monoisotopic (exact) mass is 189 g/mol. The van der Waals surface area contributed by atoms with Gasteiger partial charge in [-0.15, -0.1) is 0 Å². The Morgan fingerprint density at radius 2 is 1.71 bits per heavy atom. The summed E-state index contributed by atoms with van der Waals surface area (Å²) < 4.78 is 2.16. The third-order valence-electron chi connectivity index (χ3n) is 2.35. The lowest BCUT2D eigenvalue weighted by atomic mass is 10.1. The number of rotatable bonds is 0. The van der Waals surface area contributed by atoms with E-state index in [9.17, 15) is 0 Å². The van der Waals surface area contributed by atoms with Gasteiger partial charge < -0.3 is 4.57 Å². The zero-order valence-corrected chi connectivity index (χ0v) is 9.76. The summed E-state index contributed by atoms with van der Waals surface area (Å²) >= 11 is 0. The fourth-order valence-corrected chi connectivity index (χ4v) is 1.73. The molecule has 14 heavy (non-hydrogen) atoms. The molecule has 0 aliphatic rings. The van der Waals surface area contributed by atoms with Crippen molar-refractivity contribution in [2.24, 2.45) is 7.05 Å². The highest BCUT2D eigenvalue weighted by atomic mass is 14.9. The molecule has 0 amide bonds. The van der Waals surface area contributed by atoms with E-state index in [0.717, 1.165) is 0 Å². The van der Waals surface area contributed by atoms with Crippen LogP contribution in [0.4, 0.5) is 0 Å². The van der Waals surface area contributed by atoms with E-state index in [1.165, 1.54) is 22.0 Å². The van der Waals surface area contributed by atoms with Crippen LogP contribution in [-0.4, -0.2) is 4.57 Å². The van der Waals surface area contributed by atoms with Gasteiger partial charge in [0.2, 0.25) is 0 Å². The van der Waals surface area contributed by atoms with Gasteiger partial charge in [-0.2, -0.15) is 0 Å². The molecule has 0 bridgehead atoms. The topological polar surface area (TPSA) is 4.93 Å². The summed E-state index contributed by atoms with van der Waals surface area (Å²) in [5.74, 6) is 0. The molecule has 1 heterocycles. The van der Waals surface area contributed by atoms with Gasteiger partial charge in [-0.05, 0) is 37.1 Å². The van der Waals surface area contributed by atoms with Gasteiger partial charge in [0.1, 0.15) is 0 Å². The second-order valence-electron chi connectivity index (χ2n) is 3.44. The van der Waals surface area contributed by atoms with Crippen molar-refractivity contribution >= 4 is 10.9 Å². The highest BCUT2D eigenvalue weighted by Crippen LogP contribution is 2.20. The molecule has 1 heteroatoms. The first-order chi connectivity index (χ1) is 6.68. The Morgan fingerprint density at radius 1 is 1.07 bits per heavy atom. The van der Waals surface area contributed by atoms with Crippen molar-refractivity contribution in [3.05, 3.63) is 35.5 Å².